The number of rotatable bonds is 6. The zero-order valence-electron chi connectivity index (χ0n) is 13.7. The van der Waals surface area contributed by atoms with E-state index in [4.69, 9.17) is 9.47 Å². The molecular weight excluding hydrogens is 356 g/mol. The summed E-state index contributed by atoms with van der Waals surface area (Å²) in [5, 5.41) is 0. The van der Waals surface area contributed by atoms with Crippen LogP contribution in [0, 0.1) is 6.92 Å². The molecule has 4 heteroatoms. The predicted octanol–water partition coefficient (Wildman–Crippen LogP) is 4.61. The molecule has 0 saturated heterocycles. The lowest BCUT2D eigenvalue weighted by atomic mass is 9.98. The summed E-state index contributed by atoms with van der Waals surface area (Å²) < 4.78 is 11.7. The van der Waals surface area contributed by atoms with Gasteiger partial charge in [-0.2, -0.15) is 0 Å². The van der Waals surface area contributed by atoms with E-state index in [1.54, 1.807) is 0 Å². The number of benzene rings is 2. The summed E-state index contributed by atoms with van der Waals surface area (Å²) in [6, 6.07) is 12.0. The molecule has 2 rings (SSSR count). The van der Waals surface area contributed by atoms with Crippen LogP contribution in [0.4, 0.5) is 0 Å². The van der Waals surface area contributed by atoms with E-state index in [-0.39, 0.29) is 12.4 Å². The number of carbonyl (C=O) groups excluding carboxylic acids is 1. The Kier molecular flexibility index (Phi) is 6.22. The smallest absolute Gasteiger partial charge is 0.309 e. The van der Waals surface area contributed by atoms with Crippen molar-refractivity contribution >= 4 is 21.9 Å². The maximum atomic E-state index is 11.6. The van der Waals surface area contributed by atoms with E-state index >= 15 is 0 Å². The SMILES string of the molecule is CCc1cccc(CC(=O)OC)c1COc1ccc(C)cc1Br. The average Bonchev–Trinajstić information content (AvgIpc) is 2.54. The van der Waals surface area contributed by atoms with E-state index in [0.717, 1.165) is 27.8 Å². The van der Waals surface area contributed by atoms with E-state index in [9.17, 15) is 4.79 Å². The van der Waals surface area contributed by atoms with Crippen LogP contribution in [-0.4, -0.2) is 13.1 Å². The topological polar surface area (TPSA) is 35.5 Å². The monoisotopic (exact) mass is 376 g/mol. The molecule has 0 unspecified atom stereocenters. The second-order valence-corrected chi connectivity index (χ2v) is 6.24. The molecule has 23 heavy (non-hydrogen) atoms. The minimum Gasteiger partial charge on any atom is -0.488 e. The molecule has 0 heterocycles. The Bertz CT molecular complexity index is 695. The zero-order valence-corrected chi connectivity index (χ0v) is 15.3. The third-order valence-corrected chi connectivity index (χ3v) is 4.39. The van der Waals surface area contributed by atoms with Gasteiger partial charge in [0, 0.05) is 0 Å². The second-order valence-electron chi connectivity index (χ2n) is 5.38. The molecule has 0 aromatic heterocycles. The van der Waals surface area contributed by atoms with E-state index < -0.39 is 0 Å². The molecule has 0 N–H and O–H groups in total. The van der Waals surface area contributed by atoms with E-state index in [0.29, 0.717) is 6.61 Å². The molecule has 0 bridgehead atoms. The van der Waals surface area contributed by atoms with Crippen molar-refractivity contribution < 1.29 is 14.3 Å². The highest BCUT2D eigenvalue weighted by molar-refractivity contribution is 9.10. The summed E-state index contributed by atoms with van der Waals surface area (Å²) in [5.74, 6) is 0.557. The largest absolute Gasteiger partial charge is 0.488 e. The van der Waals surface area contributed by atoms with Crippen molar-refractivity contribution in [2.24, 2.45) is 0 Å². The predicted molar refractivity (Wildman–Crippen MR) is 94.8 cm³/mol. The summed E-state index contributed by atoms with van der Waals surface area (Å²) in [5.41, 5.74) is 4.38. The maximum Gasteiger partial charge on any atom is 0.309 e. The molecule has 0 radical (unpaired) electrons. The number of ether oxygens (including phenoxy) is 2. The molecule has 2 aromatic carbocycles. The Morgan fingerprint density at radius 2 is 1.91 bits per heavy atom. The molecule has 0 aliphatic rings. The van der Waals surface area contributed by atoms with Crippen molar-refractivity contribution in [3.8, 4) is 5.75 Å². The number of hydrogen-bond donors (Lipinski definition) is 0. The Balaban J connectivity index is 2.24. The minimum absolute atomic E-state index is 0.240. The maximum absolute atomic E-state index is 11.6. The van der Waals surface area contributed by atoms with Crippen LogP contribution in [0.2, 0.25) is 0 Å². The molecule has 0 fully saturated rings. The van der Waals surface area contributed by atoms with Gasteiger partial charge in [0.2, 0.25) is 0 Å². The minimum atomic E-state index is -0.240. The van der Waals surface area contributed by atoms with Gasteiger partial charge in [-0.25, -0.2) is 0 Å². The molecule has 0 saturated carbocycles. The molecule has 0 amide bonds. The Morgan fingerprint density at radius 1 is 1.17 bits per heavy atom. The molecular formula is C19H21BrO3. The third-order valence-electron chi connectivity index (χ3n) is 3.77. The lowest BCUT2D eigenvalue weighted by molar-refractivity contribution is -0.139. The van der Waals surface area contributed by atoms with Gasteiger partial charge in [-0.3, -0.25) is 4.79 Å². The quantitative estimate of drug-likeness (QED) is 0.690. The fraction of sp³-hybridized carbons (Fsp3) is 0.316. The fourth-order valence-electron chi connectivity index (χ4n) is 2.47. The van der Waals surface area contributed by atoms with Gasteiger partial charge in [-0.1, -0.05) is 31.2 Å². The van der Waals surface area contributed by atoms with Gasteiger partial charge in [0.05, 0.1) is 18.0 Å². The van der Waals surface area contributed by atoms with Crippen LogP contribution in [0.5, 0.6) is 5.75 Å². The molecule has 0 aliphatic carbocycles. The highest BCUT2D eigenvalue weighted by atomic mass is 79.9. The first-order valence-electron chi connectivity index (χ1n) is 7.60. The Hall–Kier alpha value is -1.81. The number of aryl methyl sites for hydroxylation is 2. The van der Waals surface area contributed by atoms with Crippen molar-refractivity contribution in [3.63, 3.8) is 0 Å². The molecule has 0 atom stereocenters. The van der Waals surface area contributed by atoms with Crippen LogP contribution in [0.3, 0.4) is 0 Å². The van der Waals surface area contributed by atoms with Gasteiger partial charge in [0.1, 0.15) is 12.4 Å². The zero-order chi connectivity index (χ0) is 16.8. The van der Waals surface area contributed by atoms with Gasteiger partial charge in [0.25, 0.3) is 0 Å². The van der Waals surface area contributed by atoms with Crippen LogP contribution in [0.25, 0.3) is 0 Å². The van der Waals surface area contributed by atoms with Gasteiger partial charge in [-0.15, -0.1) is 0 Å². The Labute approximate surface area is 145 Å². The Morgan fingerprint density at radius 3 is 2.57 bits per heavy atom. The van der Waals surface area contributed by atoms with Crippen molar-refractivity contribution in [1.29, 1.82) is 0 Å². The van der Waals surface area contributed by atoms with Gasteiger partial charge in [-0.05, 0) is 63.7 Å². The van der Waals surface area contributed by atoms with E-state index in [1.165, 1.54) is 18.2 Å². The number of esters is 1. The number of methoxy groups -OCH3 is 1. The van der Waals surface area contributed by atoms with Crippen molar-refractivity contribution in [1.82, 2.24) is 0 Å². The fourth-order valence-corrected chi connectivity index (χ4v) is 3.08. The standard InChI is InChI=1S/C19H21BrO3/c1-4-14-6-5-7-15(11-19(21)22-3)16(14)12-23-18-9-8-13(2)10-17(18)20/h5-10H,4,11-12H2,1-3H3. The van der Waals surface area contributed by atoms with Crippen molar-refractivity contribution in [2.45, 2.75) is 33.3 Å². The molecule has 0 spiro atoms. The summed E-state index contributed by atoms with van der Waals surface area (Å²) >= 11 is 3.53. The molecule has 122 valence electrons. The summed E-state index contributed by atoms with van der Waals surface area (Å²) in [7, 11) is 1.41. The summed E-state index contributed by atoms with van der Waals surface area (Å²) in [4.78, 5) is 11.6. The van der Waals surface area contributed by atoms with Crippen LogP contribution in [0.15, 0.2) is 40.9 Å². The van der Waals surface area contributed by atoms with Crippen molar-refractivity contribution in [2.75, 3.05) is 7.11 Å². The number of halogens is 1. The van der Waals surface area contributed by atoms with Crippen LogP contribution < -0.4 is 4.74 Å². The lowest BCUT2D eigenvalue weighted by Gasteiger charge is -2.15. The highest BCUT2D eigenvalue weighted by Crippen LogP contribution is 2.27. The molecule has 2 aromatic rings. The highest BCUT2D eigenvalue weighted by Gasteiger charge is 2.13. The number of hydrogen-bond acceptors (Lipinski definition) is 3. The van der Waals surface area contributed by atoms with Crippen LogP contribution in [0.1, 0.15) is 29.2 Å². The first-order chi connectivity index (χ1) is 11.0. The van der Waals surface area contributed by atoms with Crippen LogP contribution in [-0.2, 0) is 29.0 Å². The van der Waals surface area contributed by atoms with Gasteiger partial charge < -0.3 is 9.47 Å². The van der Waals surface area contributed by atoms with E-state index in [1.807, 2.05) is 37.3 Å². The van der Waals surface area contributed by atoms with Crippen LogP contribution >= 0.6 is 15.9 Å². The molecule has 0 aliphatic heterocycles. The normalized spacial score (nSPS) is 10.4. The summed E-state index contributed by atoms with van der Waals surface area (Å²) in [6.07, 6.45) is 1.15. The van der Waals surface area contributed by atoms with Gasteiger partial charge >= 0.3 is 5.97 Å². The van der Waals surface area contributed by atoms with E-state index in [2.05, 4.69) is 28.9 Å². The molecule has 3 nitrogen and oxygen atoms in total. The summed E-state index contributed by atoms with van der Waals surface area (Å²) in [6.45, 7) is 4.57. The third kappa shape index (κ3) is 4.58. The first kappa shape index (κ1) is 17.5. The van der Waals surface area contributed by atoms with Crippen molar-refractivity contribution in [3.05, 3.63) is 63.1 Å². The van der Waals surface area contributed by atoms with Gasteiger partial charge in [0.15, 0.2) is 0 Å². The lowest BCUT2D eigenvalue weighted by Crippen LogP contribution is -2.10. The first-order valence-corrected chi connectivity index (χ1v) is 8.39. The average molecular weight is 377 g/mol. The second kappa shape index (κ2) is 8.16. The number of carbonyl (C=O) groups is 1.